The fourth-order valence-corrected chi connectivity index (χ4v) is 1.73. The Balaban J connectivity index is 2.13. The number of aromatic nitrogens is 1. The van der Waals surface area contributed by atoms with Crippen LogP contribution in [-0.4, -0.2) is 23.7 Å². The maximum atomic E-state index is 13.5. The zero-order valence-corrected chi connectivity index (χ0v) is 10.8. The van der Waals surface area contributed by atoms with E-state index in [4.69, 9.17) is 4.74 Å². The van der Waals surface area contributed by atoms with E-state index >= 15 is 0 Å². The van der Waals surface area contributed by atoms with Crippen molar-refractivity contribution in [3.63, 3.8) is 0 Å². The van der Waals surface area contributed by atoms with Crippen LogP contribution >= 0.6 is 0 Å². The number of hydrogen-bond donors (Lipinski definition) is 0. The highest BCUT2D eigenvalue weighted by Gasteiger charge is 2.15. The molecule has 1 heterocycles. The summed E-state index contributed by atoms with van der Waals surface area (Å²) in [5.74, 6) is -1.33. The number of methoxy groups -OCH3 is 1. The minimum Gasteiger partial charge on any atom is -0.494 e. The Morgan fingerprint density at radius 1 is 1.10 bits per heavy atom. The number of pyridine rings is 1. The van der Waals surface area contributed by atoms with Crippen LogP contribution in [0.15, 0.2) is 42.7 Å². The first-order valence-corrected chi connectivity index (χ1v) is 5.92. The number of benzene rings is 1. The molecule has 0 amide bonds. The molecule has 0 spiro atoms. The average Bonchev–Trinajstić information content (AvgIpc) is 2.48. The van der Waals surface area contributed by atoms with Crippen molar-refractivity contribution in [2.75, 3.05) is 7.11 Å². The van der Waals surface area contributed by atoms with Crippen molar-refractivity contribution in [2.45, 2.75) is 6.42 Å². The van der Waals surface area contributed by atoms with Crippen molar-refractivity contribution >= 4 is 11.6 Å². The van der Waals surface area contributed by atoms with Gasteiger partial charge in [-0.2, -0.15) is 0 Å². The number of carbonyl (C=O) groups is 2. The van der Waals surface area contributed by atoms with Crippen molar-refractivity contribution in [2.24, 2.45) is 0 Å². The third kappa shape index (κ3) is 3.06. The molecule has 0 aliphatic carbocycles. The Kier molecular flexibility index (Phi) is 4.20. The van der Waals surface area contributed by atoms with E-state index in [1.807, 2.05) is 0 Å². The molecule has 0 N–H and O–H groups in total. The Bertz CT molecular complexity index is 641. The topological polar surface area (TPSA) is 56.3 Å². The van der Waals surface area contributed by atoms with Gasteiger partial charge in [-0.1, -0.05) is 0 Å². The number of ether oxygens (including phenoxy) is 1. The number of rotatable bonds is 5. The van der Waals surface area contributed by atoms with Crippen LogP contribution in [0.3, 0.4) is 0 Å². The van der Waals surface area contributed by atoms with Crippen LogP contribution < -0.4 is 4.74 Å². The second-order valence-corrected chi connectivity index (χ2v) is 4.11. The molecule has 4 nitrogen and oxygen atoms in total. The van der Waals surface area contributed by atoms with Gasteiger partial charge >= 0.3 is 0 Å². The first-order valence-electron chi connectivity index (χ1n) is 5.92. The van der Waals surface area contributed by atoms with Crippen molar-refractivity contribution in [3.8, 4) is 5.75 Å². The molecular weight excluding hydrogens is 261 g/mol. The number of halogens is 1. The summed E-state index contributed by atoms with van der Waals surface area (Å²) in [4.78, 5) is 27.6. The van der Waals surface area contributed by atoms with Gasteiger partial charge in [0.05, 0.1) is 13.5 Å². The minimum atomic E-state index is -0.630. The number of ketones is 2. The maximum Gasteiger partial charge on any atom is 0.170 e. The monoisotopic (exact) mass is 273 g/mol. The van der Waals surface area contributed by atoms with Crippen LogP contribution in [0.2, 0.25) is 0 Å². The van der Waals surface area contributed by atoms with Gasteiger partial charge in [0, 0.05) is 23.5 Å². The van der Waals surface area contributed by atoms with E-state index in [-0.39, 0.29) is 23.5 Å². The summed E-state index contributed by atoms with van der Waals surface area (Å²) in [5, 5.41) is 0. The number of Topliss-reactive ketones (excluding diaryl/α,β-unsaturated/α-hetero) is 2. The van der Waals surface area contributed by atoms with Gasteiger partial charge in [0.15, 0.2) is 23.1 Å². The highest BCUT2D eigenvalue weighted by atomic mass is 19.1. The standard InChI is InChI=1S/C15H12FNO3/c1-20-15-3-2-11(8-12(15)16)14(19)9-13(18)10-4-6-17-7-5-10/h2-8H,9H2,1H3. The fraction of sp³-hybridized carbons (Fsp3) is 0.133. The molecule has 0 atom stereocenters. The van der Waals surface area contributed by atoms with Crippen molar-refractivity contribution in [1.82, 2.24) is 4.98 Å². The summed E-state index contributed by atoms with van der Waals surface area (Å²) in [7, 11) is 1.34. The molecule has 0 radical (unpaired) electrons. The SMILES string of the molecule is COc1ccc(C(=O)CC(=O)c2ccncc2)cc1F. The molecule has 0 saturated carbocycles. The molecule has 0 unspecified atom stereocenters. The van der Waals surface area contributed by atoms with Crippen LogP contribution in [0, 0.1) is 5.82 Å². The summed E-state index contributed by atoms with van der Waals surface area (Å²) < 4.78 is 18.3. The Morgan fingerprint density at radius 3 is 2.35 bits per heavy atom. The van der Waals surface area contributed by atoms with Gasteiger partial charge in [-0.3, -0.25) is 14.6 Å². The fourth-order valence-electron chi connectivity index (χ4n) is 1.73. The summed E-state index contributed by atoms with van der Waals surface area (Å²) >= 11 is 0. The van der Waals surface area contributed by atoms with Gasteiger partial charge in [0.2, 0.25) is 0 Å². The molecule has 0 aliphatic rings. The molecule has 1 aromatic carbocycles. The largest absolute Gasteiger partial charge is 0.494 e. The molecular formula is C15H12FNO3. The van der Waals surface area contributed by atoms with Crippen molar-refractivity contribution < 1.29 is 18.7 Å². The molecule has 0 fully saturated rings. The van der Waals surface area contributed by atoms with Gasteiger partial charge in [-0.05, 0) is 30.3 Å². The molecule has 0 saturated heterocycles. The van der Waals surface area contributed by atoms with Crippen LogP contribution in [-0.2, 0) is 0 Å². The van der Waals surface area contributed by atoms with Gasteiger partial charge < -0.3 is 4.74 Å². The number of carbonyl (C=O) groups excluding carboxylic acids is 2. The zero-order valence-electron chi connectivity index (χ0n) is 10.8. The average molecular weight is 273 g/mol. The van der Waals surface area contributed by atoms with E-state index in [0.29, 0.717) is 5.56 Å². The second kappa shape index (κ2) is 6.06. The second-order valence-electron chi connectivity index (χ2n) is 4.11. The molecule has 2 rings (SSSR count). The summed E-state index contributed by atoms with van der Waals surface area (Å²) in [6, 6.07) is 6.93. The third-order valence-electron chi connectivity index (χ3n) is 2.80. The molecule has 1 aromatic heterocycles. The molecule has 0 aliphatic heterocycles. The lowest BCUT2D eigenvalue weighted by molar-refractivity contribution is 0.0894. The summed E-state index contributed by atoms with van der Waals surface area (Å²) in [6.45, 7) is 0. The van der Waals surface area contributed by atoms with Crippen LogP contribution in [0.25, 0.3) is 0 Å². The van der Waals surface area contributed by atoms with Gasteiger partial charge in [-0.15, -0.1) is 0 Å². The predicted molar refractivity (Wildman–Crippen MR) is 70.5 cm³/mol. The van der Waals surface area contributed by atoms with Gasteiger partial charge in [-0.25, -0.2) is 4.39 Å². The Hall–Kier alpha value is -2.56. The van der Waals surface area contributed by atoms with Crippen molar-refractivity contribution in [3.05, 3.63) is 59.7 Å². The smallest absolute Gasteiger partial charge is 0.170 e. The predicted octanol–water partition coefficient (Wildman–Crippen LogP) is 2.69. The number of hydrogen-bond acceptors (Lipinski definition) is 4. The lowest BCUT2D eigenvalue weighted by Gasteiger charge is -2.04. The lowest BCUT2D eigenvalue weighted by Crippen LogP contribution is -2.09. The highest BCUT2D eigenvalue weighted by molar-refractivity contribution is 6.13. The zero-order chi connectivity index (χ0) is 14.5. The first kappa shape index (κ1) is 13.9. The molecule has 102 valence electrons. The van der Waals surface area contributed by atoms with E-state index in [2.05, 4.69) is 4.98 Å². The molecule has 5 heteroatoms. The van der Waals surface area contributed by atoms with Crippen LogP contribution in [0.4, 0.5) is 4.39 Å². The van der Waals surface area contributed by atoms with Gasteiger partial charge in [0.25, 0.3) is 0 Å². The van der Waals surface area contributed by atoms with E-state index < -0.39 is 11.6 Å². The minimum absolute atomic E-state index is 0.0574. The Morgan fingerprint density at radius 2 is 1.75 bits per heavy atom. The normalized spacial score (nSPS) is 10.1. The van der Waals surface area contributed by atoms with Crippen LogP contribution in [0.1, 0.15) is 27.1 Å². The quantitative estimate of drug-likeness (QED) is 0.621. The van der Waals surface area contributed by atoms with Gasteiger partial charge in [0.1, 0.15) is 0 Å². The van der Waals surface area contributed by atoms with E-state index in [1.54, 1.807) is 0 Å². The Labute approximate surface area is 115 Å². The third-order valence-corrected chi connectivity index (χ3v) is 2.80. The summed E-state index contributed by atoms with van der Waals surface area (Å²) in [6.07, 6.45) is 2.64. The highest BCUT2D eigenvalue weighted by Crippen LogP contribution is 2.19. The van der Waals surface area contributed by atoms with Crippen molar-refractivity contribution in [1.29, 1.82) is 0 Å². The molecule has 0 bridgehead atoms. The molecule has 2 aromatic rings. The molecule has 20 heavy (non-hydrogen) atoms. The summed E-state index contributed by atoms with van der Waals surface area (Å²) in [5.41, 5.74) is 0.549. The lowest BCUT2D eigenvalue weighted by atomic mass is 10.0. The van der Waals surface area contributed by atoms with E-state index in [0.717, 1.165) is 6.07 Å². The number of nitrogens with zero attached hydrogens (tertiary/aromatic N) is 1. The first-order chi connectivity index (χ1) is 9.61. The maximum absolute atomic E-state index is 13.5. The van der Waals surface area contributed by atoms with Crippen LogP contribution in [0.5, 0.6) is 5.75 Å². The van der Waals surface area contributed by atoms with E-state index in [9.17, 15) is 14.0 Å². The van der Waals surface area contributed by atoms with E-state index in [1.165, 1.54) is 43.8 Å².